The second-order valence-corrected chi connectivity index (χ2v) is 13.2. The van der Waals surface area contributed by atoms with E-state index in [1.165, 1.54) is 0 Å². The largest absolute Gasteiger partial charge is 0.628 e. The number of fused-ring (bicyclic) bond motifs is 8. The summed E-state index contributed by atoms with van der Waals surface area (Å²) in [5.74, 6) is 3.54. The third-order valence-electron chi connectivity index (χ3n) is 8.74. The zero-order chi connectivity index (χ0) is 34.1. The van der Waals surface area contributed by atoms with Gasteiger partial charge in [0, 0.05) is 31.7 Å². The molecule has 0 N–H and O–H groups in total. The maximum absolute atomic E-state index is 13.7. The van der Waals surface area contributed by atoms with Crippen molar-refractivity contribution >= 4 is 5.69 Å². The summed E-state index contributed by atoms with van der Waals surface area (Å²) in [7, 11) is 3.37. The van der Waals surface area contributed by atoms with Crippen molar-refractivity contribution in [2.24, 2.45) is 0 Å². The number of rotatable bonds is 13. The van der Waals surface area contributed by atoms with Crippen LogP contribution in [0.15, 0.2) is 66.7 Å². The molecule has 0 aromatic heterocycles. The Kier molecular flexibility index (Phi) is 12.1. The summed E-state index contributed by atoms with van der Waals surface area (Å²) >= 11 is 0. The first-order valence-electron chi connectivity index (χ1n) is 17.8. The Labute approximate surface area is 287 Å². The maximum atomic E-state index is 13.7. The fourth-order valence-electron chi connectivity index (χ4n) is 6.59. The summed E-state index contributed by atoms with van der Waals surface area (Å²) in [5.41, 5.74) is 9.30. The van der Waals surface area contributed by atoms with Gasteiger partial charge in [-0.25, -0.2) is 0 Å². The van der Waals surface area contributed by atoms with Crippen LogP contribution in [0.1, 0.15) is 97.9 Å². The molecule has 48 heavy (non-hydrogen) atoms. The summed E-state index contributed by atoms with van der Waals surface area (Å²) in [4.78, 5) is 0. The van der Waals surface area contributed by atoms with Crippen LogP contribution in [0.2, 0.25) is 0 Å². The van der Waals surface area contributed by atoms with Crippen molar-refractivity contribution in [3.8, 4) is 23.0 Å². The molecule has 6 heteroatoms. The van der Waals surface area contributed by atoms with E-state index in [-0.39, 0.29) is 0 Å². The molecule has 0 amide bonds. The molecule has 0 radical (unpaired) electrons. The van der Waals surface area contributed by atoms with Crippen LogP contribution < -0.4 is 23.6 Å². The average molecular weight is 652 g/mol. The molecular formula is C42H53NO5. The number of hydroxylamine groups is 2. The molecule has 0 saturated heterocycles. The lowest BCUT2D eigenvalue weighted by Gasteiger charge is -2.36. The van der Waals surface area contributed by atoms with Gasteiger partial charge in [0.15, 0.2) is 0 Å². The van der Waals surface area contributed by atoms with E-state index >= 15 is 0 Å². The van der Waals surface area contributed by atoms with Gasteiger partial charge in [0.05, 0.1) is 46.1 Å². The molecule has 0 saturated carbocycles. The van der Waals surface area contributed by atoms with Crippen LogP contribution >= 0.6 is 0 Å². The number of para-hydroxylation sites is 3. The molecule has 4 aromatic rings. The van der Waals surface area contributed by atoms with Gasteiger partial charge >= 0.3 is 0 Å². The molecule has 0 fully saturated rings. The van der Waals surface area contributed by atoms with Crippen LogP contribution in [-0.2, 0) is 25.7 Å². The second kappa shape index (κ2) is 16.4. The van der Waals surface area contributed by atoms with E-state index < -0.39 is 4.65 Å². The van der Waals surface area contributed by atoms with Gasteiger partial charge in [-0.2, -0.15) is 0 Å². The van der Waals surface area contributed by atoms with Crippen LogP contribution in [0.4, 0.5) is 5.69 Å². The Bertz CT molecular complexity index is 1670. The monoisotopic (exact) mass is 651 g/mol. The van der Waals surface area contributed by atoms with Gasteiger partial charge in [-0.05, 0) is 70.7 Å². The van der Waals surface area contributed by atoms with Crippen molar-refractivity contribution in [1.29, 1.82) is 0 Å². The zero-order valence-corrected chi connectivity index (χ0v) is 29.8. The van der Waals surface area contributed by atoms with Crippen molar-refractivity contribution in [3.63, 3.8) is 0 Å². The van der Waals surface area contributed by atoms with Crippen molar-refractivity contribution in [1.82, 2.24) is 4.65 Å². The molecule has 0 unspecified atom stereocenters. The maximum Gasteiger partial charge on any atom is 0.139 e. The van der Waals surface area contributed by atoms with Crippen LogP contribution in [0.25, 0.3) is 0 Å². The molecule has 4 aromatic carbocycles. The normalized spacial score (nSPS) is 12.8. The lowest BCUT2D eigenvalue weighted by molar-refractivity contribution is 0.304. The van der Waals surface area contributed by atoms with E-state index in [1.54, 1.807) is 14.1 Å². The molecule has 0 heterocycles. The van der Waals surface area contributed by atoms with Crippen LogP contribution in [0.3, 0.4) is 0 Å². The number of hydrogen-bond donors (Lipinski definition) is 0. The van der Waals surface area contributed by atoms with Crippen molar-refractivity contribution in [3.05, 3.63) is 116 Å². The Balaban J connectivity index is 1.82. The third kappa shape index (κ3) is 8.16. The van der Waals surface area contributed by atoms with Crippen molar-refractivity contribution in [2.75, 3.05) is 40.5 Å². The number of benzene rings is 4. The highest BCUT2D eigenvalue weighted by Crippen LogP contribution is 2.42. The Morgan fingerprint density at radius 2 is 0.771 bits per heavy atom. The van der Waals surface area contributed by atoms with E-state index in [9.17, 15) is 5.21 Å². The van der Waals surface area contributed by atoms with Gasteiger partial charge in [0.2, 0.25) is 0 Å². The Hall–Kier alpha value is -4.00. The predicted octanol–water partition coefficient (Wildman–Crippen LogP) is 9.58. The first-order valence-corrected chi connectivity index (χ1v) is 17.8. The van der Waals surface area contributed by atoms with Gasteiger partial charge in [-0.1, -0.05) is 82.3 Å². The molecule has 0 aliphatic heterocycles. The first kappa shape index (κ1) is 35.3. The average Bonchev–Trinajstić information content (AvgIpc) is 3.06. The van der Waals surface area contributed by atoms with Crippen molar-refractivity contribution in [2.45, 2.75) is 79.1 Å². The fraction of sp³-hybridized carbons (Fsp3) is 0.429. The number of quaternary nitrogens is 1. The summed E-state index contributed by atoms with van der Waals surface area (Å²) < 4.78 is 25.8. The smallest absolute Gasteiger partial charge is 0.139 e. The van der Waals surface area contributed by atoms with Gasteiger partial charge in [-0.3, -0.25) is 0 Å². The topological polar surface area (TPSA) is 60.0 Å². The van der Waals surface area contributed by atoms with E-state index in [0.717, 1.165) is 93.2 Å². The lowest BCUT2D eigenvalue weighted by atomic mass is 9.90. The van der Waals surface area contributed by atoms with Gasteiger partial charge in [-0.15, -0.1) is 0 Å². The van der Waals surface area contributed by atoms with E-state index in [4.69, 9.17) is 18.9 Å². The standard InChI is InChI=1S/C42H53NO5/c1-7-22-45-39-30-14-11-15-32(39)27-33-18-13-19-35(41(33)47-24-9-3)29-37-38(43(5,6)44)21-20-36(42(37)48-25-10-4)28-34-17-12-16-31(26-30)40(34)46-23-8-2/h11-21H,7-10,22-29H2,1-6H3. The summed E-state index contributed by atoms with van der Waals surface area (Å²) in [6.07, 6.45) is 6.06. The quantitative estimate of drug-likeness (QED) is 0.0937. The highest BCUT2D eigenvalue weighted by atomic mass is 16.5. The highest BCUT2D eigenvalue weighted by Gasteiger charge is 2.26. The Morgan fingerprint density at radius 1 is 0.458 bits per heavy atom. The van der Waals surface area contributed by atoms with Gasteiger partial charge in [0.1, 0.15) is 28.7 Å². The van der Waals surface area contributed by atoms with E-state index in [1.807, 2.05) is 6.07 Å². The molecule has 1 aliphatic rings. The molecule has 256 valence electrons. The molecular weight excluding hydrogens is 598 g/mol. The zero-order valence-electron chi connectivity index (χ0n) is 29.8. The predicted molar refractivity (Wildman–Crippen MR) is 197 cm³/mol. The number of hydrogen-bond acceptors (Lipinski definition) is 5. The minimum Gasteiger partial charge on any atom is -0.628 e. The minimum absolute atomic E-state index is 0.511. The fourth-order valence-corrected chi connectivity index (χ4v) is 6.59. The molecule has 6 nitrogen and oxygen atoms in total. The minimum atomic E-state index is -0.561. The second-order valence-electron chi connectivity index (χ2n) is 13.2. The van der Waals surface area contributed by atoms with Crippen LogP contribution in [-0.4, -0.2) is 40.5 Å². The highest BCUT2D eigenvalue weighted by molar-refractivity contribution is 5.64. The number of nitrogens with zero attached hydrogens (tertiary/aromatic N) is 1. The molecule has 0 atom stereocenters. The van der Waals surface area contributed by atoms with Crippen molar-refractivity contribution < 1.29 is 18.9 Å². The van der Waals surface area contributed by atoms with Gasteiger partial charge in [0.25, 0.3) is 0 Å². The lowest BCUT2D eigenvalue weighted by Crippen LogP contribution is -2.33. The molecule has 5 rings (SSSR count). The molecule has 8 bridgehead atoms. The first-order chi connectivity index (χ1) is 23.3. The third-order valence-corrected chi connectivity index (χ3v) is 8.74. The molecule has 1 aliphatic carbocycles. The van der Waals surface area contributed by atoms with E-state index in [2.05, 4.69) is 88.4 Å². The van der Waals surface area contributed by atoms with E-state index in [0.29, 0.717) is 57.8 Å². The Morgan fingerprint density at radius 3 is 1.10 bits per heavy atom. The summed E-state index contributed by atoms with van der Waals surface area (Å²) in [6, 6.07) is 23.4. The van der Waals surface area contributed by atoms with Crippen LogP contribution in [0.5, 0.6) is 23.0 Å². The number of ether oxygens (including phenoxy) is 4. The van der Waals surface area contributed by atoms with Crippen LogP contribution in [0, 0.1) is 5.21 Å². The summed E-state index contributed by atoms with van der Waals surface area (Å²) in [5, 5.41) is 13.7. The molecule has 0 spiro atoms. The SMILES string of the molecule is CCCOc1c2cccc1Cc1cccc(c1OCCC)Cc1c([N+](C)(C)[O-])ccc(c1OCCC)Cc1cccc(c1OCCC)C2. The summed E-state index contributed by atoms with van der Waals surface area (Å²) in [6.45, 7) is 11.0. The van der Waals surface area contributed by atoms with Gasteiger partial charge < -0.3 is 28.8 Å².